The number of fused-ring (bicyclic) bond motifs is 1. The number of hydrogen-bond donors (Lipinski definition) is 0. The van der Waals surface area contributed by atoms with E-state index in [9.17, 15) is 10.1 Å². The van der Waals surface area contributed by atoms with Crippen molar-refractivity contribution in [3.8, 4) is 22.9 Å². The third kappa shape index (κ3) is 3.49. The van der Waals surface area contributed by atoms with Gasteiger partial charge < -0.3 is 14.2 Å². The van der Waals surface area contributed by atoms with E-state index in [4.69, 9.17) is 4.74 Å². The van der Waals surface area contributed by atoms with Gasteiger partial charge in [0, 0.05) is 24.8 Å². The molecule has 0 N–H and O–H groups in total. The molecule has 0 spiro atoms. The van der Waals surface area contributed by atoms with Gasteiger partial charge >= 0.3 is 0 Å². The van der Waals surface area contributed by atoms with Crippen molar-refractivity contribution >= 4 is 16.7 Å². The van der Waals surface area contributed by atoms with Crippen LogP contribution < -0.4 is 4.74 Å². The molecular weight excluding hydrogens is 390 g/mol. The Morgan fingerprint density at radius 1 is 1.13 bits per heavy atom. The minimum Gasteiger partial charge on any atom is -0.486 e. The Hall–Kier alpha value is -4.18. The normalized spacial score (nSPS) is 13.6. The zero-order valence-electron chi connectivity index (χ0n) is 16.9. The van der Waals surface area contributed by atoms with E-state index in [2.05, 4.69) is 22.1 Å². The molecule has 4 aromatic rings. The maximum absolute atomic E-state index is 12.6. The van der Waals surface area contributed by atoms with Crippen LogP contribution in [0.25, 0.3) is 21.9 Å². The number of carbonyl (C=O) groups excluding carboxylic acids is 1. The molecule has 31 heavy (non-hydrogen) atoms. The van der Waals surface area contributed by atoms with E-state index in [1.165, 1.54) is 0 Å². The van der Waals surface area contributed by atoms with Gasteiger partial charge in [-0.3, -0.25) is 9.78 Å². The monoisotopic (exact) mass is 409 g/mol. The van der Waals surface area contributed by atoms with Gasteiger partial charge in [0.05, 0.1) is 37.2 Å². The van der Waals surface area contributed by atoms with E-state index in [1.54, 1.807) is 47.5 Å². The second-order valence-electron chi connectivity index (χ2n) is 7.60. The predicted molar refractivity (Wildman–Crippen MR) is 115 cm³/mol. The molecule has 1 fully saturated rings. The van der Waals surface area contributed by atoms with Crippen molar-refractivity contribution in [2.45, 2.75) is 6.10 Å². The van der Waals surface area contributed by atoms with Crippen LogP contribution in [0.15, 0.2) is 67.4 Å². The molecule has 2 aromatic carbocycles. The number of pyridine rings is 1. The number of amides is 1. The lowest BCUT2D eigenvalue weighted by atomic mass is 10.00. The number of hydrogen-bond acceptors (Lipinski definition) is 5. The predicted octanol–water partition coefficient (Wildman–Crippen LogP) is 3.41. The van der Waals surface area contributed by atoms with E-state index >= 15 is 0 Å². The van der Waals surface area contributed by atoms with E-state index < -0.39 is 0 Å². The van der Waals surface area contributed by atoms with Crippen LogP contribution in [-0.2, 0) is 7.05 Å². The Morgan fingerprint density at radius 2 is 2.00 bits per heavy atom. The lowest BCUT2D eigenvalue weighted by molar-refractivity contribution is 0.0177. The second kappa shape index (κ2) is 7.58. The number of imidazole rings is 1. The number of nitriles is 1. The SMILES string of the molecule is Cn1cncc1C(=O)N1CC(Oc2cc(-c3cccc(C#N)c3)cc3ccncc23)C1. The molecule has 7 nitrogen and oxygen atoms in total. The first-order valence-corrected chi connectivity index (χ1v) is 9.93. The summed E-state index contributed by atoms with van der Waals surface area (Å²) >= 11 is 0. The molecule has 152 valence electrons. The second-order valence-corrected chi connectivity index (χ2v) is 7.60. The van der Waals surface area contributed by atoms with E-state index in [1.807, 2.05) is 30.3 Å². The van der Waals surface area contributed by atoms with Crippen LogP contribution in [-0.4, -0.2) is 44.5 Å². The number of ether oxygens (including phenoxy) is 1. The summed E-state index contributed by atoms with van der Waals surface area (Å²) < 4.78 is 8.01. The summed E-state index contributed by atoms with van der Waals surface area (Å²) in [4.78, 5) is 22.6. The summed E-state index contributed by atoms with van der Waals surface area (Å²) in [6.45, 7) is 1.03. The van der Waals surface area contributed by atoms with Crippen LogP contribution in [0.4, 0.5) is 0 Å². The van der Waals surface area contributed by atoms with Gasteiger partial charge in [-0.15, -0.1) is 0 Å². The maximum Gasteiger partial charge on any atom is 0.272 e. The van der Waals surface area contributed by atoms with Crippen LogP contribution in [0.3, 0.4) is 0 Å². The summed E-state index contributed by atoms with van der Waals surface area (Å²) in [7, 11) is 1.81. The number of aryl methyl sites for hydroxylation is 1. The van der Waals surface area contributed by atoms with E-state index in [0.717, 1.165) is 27.6 Å². The standard InChI is InChI=1S/C24H19N5O2/c1-28-15-27-12-22(28)24(30)29-13-20(14-29)31-23-9-19(8-18-5-6-26-11-21(18)23)17-4-2-3-16(7-17)10-25/h2-9,11-12,15,20H,13-14H2,1H3. The molecule has 0 bridgehead atoms. The first-order chi connectivity index (χ1) is 15.1. The number of carbonyl (C=O) groups is 1. The maximum atomic E-state index is 12.6. The van der Waals surface area contributed by atoms with Crippen LogP contribution in [0.2, 0.25) is 0 Å². The van der Waals surface area contributed by atoms with E-state index in [0.29, 0.717) is 24.3 Å². The van der Waals surface area contributed by atoms with Crippen molar-refractivity contribution in [3.63, 3.8) is 0 Å². The van der Waals surface area contributed by atoms with Crippen molar-refractivity contribution in [2.75, 3.05) is 13.1 Å². The van der Waals surface area contributed by atoms with Crippen molar-refractivity contribution in [2.24, 2.45) is 7.05 Å². The number of nitrogens with zero attached hydrogens (tertiary/aromatic N) is 5. The Bertz CT molecular complexity index is 1330. The van der Waals surface area contributed by atoms with Gasteiger partial charge in [-0.25, -0.2) is 4.98 Å². The minimum absolute atomic E-state index is 0.0477. The zero-order chi connectivity index (χ0) is 21.4. The van der Waals surface area contributed by atoms with Gasteiger partial charge in [-0.1, -0.05) is 12.1 Å². The molecule has 0 atom stereocenters. The van der Waals surface area contributed by atoms with Crippen molar-refractivity contribution in [3.05, 3.63) is 78.6 Å². The molecular formula is C24H19N5O2. The zero-order valence-corrected chi connectivity index (χ0v) is 16.9. The van der Waals surface area contributed by atoms with Crippen LogP contribution in [0.1, 0.15) is 16.1 Å². The summed E-state index contributed by atoms with van der Waals surface area (Å²) in [6, 6.07) is 15.7. The fraction of sp³-hybridized carbons (Fsp3) is 0.167. The molecule has 1 aliphatic heterocycles. The largest absolute Gasteiger partial charge is 0.486 e. The van der Waals surface area contributed by atoms with Crippen molar-refractivity contribution in [1.29, 1.82) is 5.26 Å². The average Bonchev–Trinajstić information content (AvgIpc) is 3.21. The number of aromatic nitrogens is 3. The molecule has 3 heterocycles. The number of rotatable bonds is 4. The summed E-state index contributed by atoms with van der Waals surface area (Å²) in [5.41, 5.74) is 3.09. The van der Waals surface area contributed by atoms with Gasteiger partial charge in [0.2, 0.25) is 0 Å². The molecule has 0 aliphatic carbocycles. The highest BCUT2D eigenvalue weighted by Gasteiger charge is 2.34. The van der Waals surface area contributed by atoms with Gasteiger partial charge in [0.1, 0.15) is 17.5 Å². The van der Waals surface area contributed by atoms with E-state index in [-0.39, 0.29) is 12.0 Å². The minimum atomic E-state index is -0.0960. The molecule has 1 saturated heterocycles. The third-order valence-corrected chi connectivity index (χ3v) is 5.51. The van der Waals surface area contributed by atoms with Crippen LogP contribution in [0, 0.1) is 11.3 Å². The number of likely N-dealkylation sites (tertiary alicyclic amines) is 1. The third-order valence-electron chi connectivity index (χ3n) is 5.51. The Kier molecular flexibility index (Phi) is 4.60. The molecule has 5 rings (SSSR count). The smallest absolute Gasteiger partial charge is 0.272 e. The Labute approximate surface area is 179 Å². The Balaban J connectivity index is 1.40. The fourth-order valence-electron chi connectivity index (χ4n) is 3.78. The highest BCUT2D eigenvalue weighted by Crippen LogP contribution is 2.34. The molecule has 1 aliphatic rings. The van der Waals surface area contributed by atoms with Gasteiger partial charge in [0.15, 0.2) is 0 Å². The van der Waals surface area contributed by atoms with Gasteiger partial charge in [-0.05, 0) is 46.8 Å². The quantitative estimate of drug-likeness (QED) is 0.516. The fourth-order valence-corrected chi connectivity index (χ4v) is 3.78. The van der Waals surface area contributed by atoms with Crippen molar-refractivity contribution in [1.82, 2.24) is 19.4 Å². The van der Waals surface area contributed by atoms with Gasteiger partial charge in [0.25, 0.3) is 5.91 Å². The molecule has 1 amide bonds. The molecule has 2 aromatic heterocycles. The van der Waals surface area contributed by atoms with Gasteiger partial charge in [-0.2, -0.15) is 5.26 Å². The topological polar surface area (TPSA) is 84.0 Å². The highest BCUT2D eigenvalue weighted by atomic mass is 16.5. The summed E-state index contributed by atoms with van der Waals surface area (Å²) in [6.07, 6.45) is 6.64. The first-order valence-electron chi connectivity index (χ1n) is 9.93. The lowest BCUT2D eigenvalue weighted by Crippen LogP contribution is -2.56. The molecule has 0 radical (unpaired) electrons. The number of benzene rings is 2. The van der Waals surface area contributed by atoms with Crippen LogP contribution >= 0.6 is 0 Å². The highest BCUT2D eigenvalue weighted by molar-refractivity contribution is 5.93. The average molecular weight is 409 g/mol. The first kappa shape index (κ1) is 18.8. The summed E-state index contributed by atoms with van der Waals surface area (Å²) in [5, 5.41) is 11.2. The van der Waals surface area contributed by atoms with Crippen molar-refractivity contribution < 1.29 is 9.53 Å². The molecule has 7 heteroatoms. The summed E-state index contributed by atoms with van der Waals surface area (Å²) in [5.74, 6) is 0.675. The molecule has 0 saturated carbocycles. The Morgan fingerprint density at radius 3 is 2.77 bits per heavy atom. The van der Waals surface area contributed by atoms with Crippen LogP contribution in [0.5, 0.6) is 5.75 Å². The lowest BCUT2D eigenvalue weighted by Gasteiger charge is -2.39. The molecule has 0 unspecified atom stereocenters.